The van der Waals surface area contributed by atoms with Gasteiger partial charge in [-0.3, -0.25) is 4.79 Å². The van der Waals surface area contributed by atoms with Crippen molar-refractivity contribution in [2.24, 2.45) is 0 Å². The largest absolute Gasteiger partial charge is 0.478 e. The van der Waals surface area contributed by atoms with Gasteiger partial charge in [0.25, 0.3) is 5.91 Å². The van der Waals surface area contributed by atoms with Crippen LogP contribution < -0.4 is 5.32 Å². The molecule has 0 fully saturated rings. The van der Waals surface area contributed by atoms with Gasteiger partial charge in [0.15, 0.2) is 0 Å². The number of methoxy groups -OCH3 is 1. The van der Waals surface area contributed by atoms with E-state index in [1.54, 1.807) is 6.07 Å². The van der Waals surface area contributed by atoms with E-state index in [2.05, 4.69) is 5.32 Å². The number of benzene rings is 1. The first-order valence-electron chi connectivity index (χ1n) is 5.83. The molecule has 1 aromatic heterocycles. The molecule has 104 valence electrons. The number of carboxylic acids is 1. The Bertz CT molecular complexity index is 621. The lowest BCUT2D eigenvalue weighted by Crippen LogP contribution is -2.17. The molecule has 1 aromatic carbocycles. The Labute approximate surface area is 119 Å². The van der Waals surface area contributed by atoms with Gasteiger partial charge in [-0.2, -0.15) is 0 Å². The molecule has 0 aliphatic heterocycles. The van der Waals surface area contributed by atoms with Crippen molar-refractivity contribution in [1.82, 2.24) is 0 Å². The number of thiophene rings is 1. The Kier molecular flexibility index (Phi) is 4.49. The van der Waals surface area contributed by atoms with Crippen LogP contribution in [0.2, 0.25) is 0 Å². The molecule has 2 rings (SSSR count). The average molecular weight is 291 g/mol. The predicted molar refractivity (Wildman–Crippen MR) is 77.2 cm³/mol. The number of hydrogen-bond acceptors (Lipinski definition) is 4. The molecule has 1 amide bonds. The van der Waals surface area contributed by atoms with Gasteiger partial charge in [0, 0.05) is 12.0 Å². The highest BCUT2D eigenvalue weighted by Crippen LogP contribution is 2.35. The SMILES string of the molecule is COCC(=O)Nc1sc(-c2ccccc2)cc1C(=O)O. The molecule has 0 aliphatic carbocycles. The third-order valence-corrected chi connectivity index (χ3v) is 3.65. The molecule has 2 aromatic rings. The molecule has 20 heavy (non-hydrogen) atoms. The highest BCUT2D eigenvalue weighted by atomic mass is 32.1. The third-order valence-electron chi connectivity index (χ3n) is 2.55. The highest BCUT2D eigenvalue weighted by molar-refractivity contribution is 7.20. The average Bonchev–Trinajstić information content (AvgIpc) is 2.84. The number of rotatable bonds is 5. The van der Waals surface area contributed by atoms with E-state index in [4.69, 9.17) is 4.74 Å². The minimum atomic E-state index is -1.07. The van der Waals surface area contributed by atoms with Gasteiger partial charge in [-0.25, -0.2) is 4.79 Å². The Morgan fingerprint density at radius 1 is 1.30 bits per heavy atom. The Hall–Kier alpha value is -2.18. The van der Waals surface area contributed by atoms with Gasteiger partial charge in [-0.15, -0.1) is 11.3 Å². The smallest absolute Gasteiger partial charge is 0.338 e. The minimum absolute atomic E-state index is 0.0818. The molecule has 0 spiro atoms. The van der Waals surface area contributed by atoms with Crippen LogP contribution in [0.4, 0.5) is 5.00 Å². The number of carbonyl (C=O) groups is 2. The monoisotopic (exact) mass is 291 g/mol. The van der Waals surface area contributed by atoms with E-state index >= 15 is 0 Å². The summed E-state index contributed by atoms with van der Waals surface area (Å²) < 4.78 is 4.71. The van der Waals surface area contributed by atoms with Crippen LogP contribution in [0.25, 0.3) is 10.4 Å². The number of ether oxygens (including phenoxy) is 1. The highest BCUT2D eigenvalue weighted by Gasteiger charge is 2.17. The summed E-state index contributed by atoms with van der Waals surface area (Å²) in [6.45, 7) is -0.113. The molecular formula is C14H13NO4S. The van der Waals surface area contributed by atoms with Gasteiger partial charge in [0.2, 0.25) is 0 Å². The van der Waals surface area contributed by atoms with Crippen LogP contribution in [0.1, 0.15) is 10.4 Å². The maximum absolute atomic E-state index is 11.5. The van der Waals surface area contributed by atoms with Crippen LogP contribution >= 0.6 is 11.3 Å². The summed E-state index contributed by atoms with van der Waals surface area (Å²) in [7, 11) is 1.40. The summed E-state index contributed by atoms with van der Waals surface area (Å²) in [6, 6.07) is 11.0. The third kappa shape index (κ3) is 3.23. The van der Waals surface area contributed by atoms with Crippen LogP contribution in [0, 0.1) is 0 Å². The van der Waals surface area contributed by atoms with Crippen molar-refractivity contribution in [1.29, 1.82) is 0 Å². The second kappa shape index (κ2) is 6.31. The summed E-state index contributed by atoms with van der Waals surface area (Å²) in [6.07, 6.45) is 0. The molecule has 0 saturated carbocycles. The van der Waals surface area contributed by atoms with E-state index in [0.29, 0.717) is 5.00 Å². The van der Waals surface area contributed by atoms with Crippen molar-refractivity contribution < 1.29 is 19.4 Å². The van der Waals surface area contributed by atoms with Crippen LogP contribution in [-0.2, 0) is 9.53 Å². The first-order chi connectivity index (χ1) is 9.61. The Balaban J connectivity index is 2.34. The first kappa shape index (κ1) is 14.2. The summed E-state index contributed by atoms with van der Waals surface area (Å²) >= 11 is 1.23. The van der Waals surface area contributed by atoms with Gasteiger partial charge in [0.1, 0.15) is 11.6 Å². The predicted octanol–water partition coefficient (Wildman–Crippen LogP) is 2.70. The number of hydrogen-bond donors (Lipinski definition) is 2. The van der Waals surface area contributed by atoms with Crippen LogP contribution in [0.15, 0.2) is 36.4 Å². The number of anilines is 1. The molecule has 1 heterocycles. The second-order valence-electron chi connectivity index (χ2n) is 4.01. The van der Waals surface area contributed by atoms with E-state index in [0.717, 1.165) is 10.4 Å². The molecule has 0 bridgehead atoms. The van der Waals surface area contributed by atoms with Crippen molar-refractivity contribution in [2.75, 3.05) is 19.0 Å². The van der Waals surface area contributed by atoms with Crippen molar-refractivity contribution in [3.05, 3.63) is 42.0 Å². The fourth-order valence-corrected chi connectivity index (χ4v) is 2.75. The topological polar surface area (TPSA) is 75.6 Å². The molecule has 0 unspecified atom stereocenters. The summed E-state index contributed by atoms with van der Waals surface area (Å²) in [5.74, 6) is -1.45. The maximum Gasteiger partial charge on any atom is 0.338 e. The molecule has 2 N–H and O–H groups in total. The first-order valence-corrected chi connectivity index (χ1v) is 6.65. The van der Waals surface area contributed by atoms with Crippen LogP contribution in [0.3, 0.4) is 0 Å². The van der Waals surface area contributed by atoms with Crippen molar-refractivity contribution in [3.8, 4) is 10.4 Å². The molecule has 6 heteroatoms. The van der Waals surface area contributed by atoms with E-state index in [9.17, 15) is 14.7 Å². The fraction of sp³-hybridized carbons (Fsp3) is 0.143. The second-order valence-corrected chi connectivity index (χ2v) is 5.06. The van der Waals surface area contributed by atoms with E-state index in [1.807, 2.05) is 30.3 Å². The van der Waals surface area contributed by atoms with Gasteiger partial charge in [-0.1, -0.05) is 30.3 Å². The fourth-order valence-electron chi connectivity index (χ4n) is 1.68. The number of aromatic carboxylic acids is 1. The van der Waals surface area contributed by atoms with Crippen molar-refractivity contribution in [3.63, 3.8) is 0 Å². The van der Waals surface area contributed by atoms with E-state index in [1.165, 1.54) is 18.4 Å². The zero-order valence-corrected chi connectivity index (χ0v) is 11.6. The standard InChI is InChI=1S/C14H13NO4S/c1-19-8-12(16)15-13-10(14(17)18)7-11(20-13)9-5-3-2-4-6-9/h2-7H,8H2,1H3,(H,15,16)(H,17,18). The molecule has 5 nitrogen and oxygen atoms in total. The summed E-state index contributed by atoms with van der Waals surface area (Å²) in [5.41, 5.74) is 0.991. The normalized spacial score (nSPS) is 10.2. The van der Waals surface area contributed by atoms with Crippen molar-refractivity contribution >= 4 is 28.2 Å². The van der Waals surface area contributed by atoms with Crippen LogP contribution in [0.5, 0.6) is 0 Å². The Morgan fingerprint density at radius 2 is 2.00 bits per heavy atom. The number of carboxylic acid groups (broad SMARTS) is 1. The minimum Gasteiger partial charge on any atom is -0.478 e. The van der Waals surface area contributed by atoms with Gasteiger partial charge in [0.05, 0.1) is 5.56 Å². The molecule has 0 aliphatic rings. The number of carbonyl (C=O) groups excluding carboxylic acids is 1. The maximum atomic E-state index is 11.5. The summed E-state index contributed by atoms with van der Waals surface area (Å²) in [5, 5.41) is 12.1. The quantitative estimate of drug-likeness (QED) is 0.888. The molecule has 0 saturated heterocycles. The molecular weight excluding hydrogens is 278 g/mol. The zero-order valence-electron chi connectivity index (χ0n) is 10.8. The van der Waals surface area contributed by atoms with E-state index in [-0.39, 0.29) is 18.1 Å². The lowest BCUT2D eigenvalue weighted by atomic mass is 10.1. The summed E-state index contributed by atoms with van der Waals surface area (Å²) in [4.78, 5) is 23.5. The Morgan fingerprint density at radius 3 is 2.60 bits per heavy atom. The molecule has 0 radical (unpaired) electrons. The lowest BCUT2D eigenvalue weighted by molar-refractivity contribution is -0.119. The van der Waals surface area contributed by atoms with Crippen molar-refractivity contribution in [2.45, 2.75) is 0 Å². The number of nitrogens with one attached hydrogen (secondary N) is 1. The van der Waals surface area contributed by atoms with Gasteiger partial charge < -0.3 is 15.2 Å². The van der Waals surface area contributed by atoms with Gasteiger partial charge in [-0.05, 0) is 11.6 Å². The number of amides is 1. The van der Waals surface area contributed by atoms with E-state index < -0.39 is 5.97 Å². The lowest BCUT2D eigenvalue weighted by Gasteiger charge is -2.02. The van der Waals surface area contributed by atoms with Gasteiger partial charge >= 0.3 is 5.97 Å². The molecule has 0 atom stereocenters. The van der Waals surface area contributed by atoms with Crippen LogP contribution in [-0.4, -0.2) is 30.7 Å². The zero-order chi connectivity index (χ0) is 14.5.